The van der Waals surface area contributed by atoms with Crippen molar-refractivity contribution in [2.24, 2.45) is 0 Å². The average molecular weight is 142 g/mol. The fraction of sp³-hybridized carbons (Fsp3) is 0.857. The molecule has 0 saturated carbocycles. The van der Waals surface area contributed by atoms with Crippen LogP contribution in [0.5, 0.6) is 0 Å². The minimum absolute atomic E-state index is 0.0376. The van der Waals surface area contributed by atoms with Crippen LogP contribution in [0.15, 0.2) is 0 Å². The summed E-state index contributed by atoms with van der Waals surface area (Å²) in [6.07, 6.45) is 2.97. The first kappa shape index (κ1) is 6.58. The number of aliphatic hydroxyl groups excluding tert-OH is 1. The van der Waals surface area contributed by atoms with E-state index in [-0.39, 0.29) is 11.9 Å². The van der Waals surface area contributed by atoms with E-state index in [9.17, 15) is 0 Å². The van der Waals surface area contributed by atoms with Gasteiger partial charge in [0.05, 0.1) is 5.60 Å². The van der Waals surface area contributed by atoms with Crippen molar-refractivity contribution in [3.63, 3.8) is 0 Å². The third-order valence-corrected chi connectivity index (χ3v) is 2.33. The summed E-state index contributed by atoms with van der Waals surface area (Å²) in [5, 5.41) is 12.2. The summed E-state index contributed by atoms with van der Waals surface area (Å²) in [4.78, 5) is 0. The van der Waals surface area contributed by atoms with Crippen LogP contribution in [0.25, 0.3) is 0 Å². The molecule has 2 aliphatic rings. The van der Waals surface area contributed by atoms with Crippen LogP contribution in [0.2, 0.25) is 0 Å². The first-order valence-corrected chi connectivity index (χ1v) is 3.75. The SMILES string of the molecule is O[C]1CCC2(CCNC2)O1. The molecule has 2 rings (SSSR count). The normalized spacial score (nSPS) is 41.7. The maximum Gasteiger partial charge on any atom is 0.221 e. The topological polar surface area (TPSA) is 41.5 Å². The minimum atomic E-state index is -0.0376. The third kappa shape index (κ3) is 0.944. The molecule has 1 unspecified atom stereocenters. The number of hydrogen-bond acceptors (Lipinski definition) is 3. The lowest BCUT2D eigenvalue weighted by atomic mass is 10.00. The van der Waals surface area contributed by atoms with Crippen molar-refractivity contribution in [3.8, 4) is 0 Å². The van der Waals surface area contributed by atoms with E-state index in [1.807, 2.05) is 0 Å². The lowest BCUT2D eigenvalue weighted by molar-refractivity contribution is -0.0502. The van der Waals surface area contributed by atoms with Crippen molar-refractivity contribution < 1.29 is 9.84 Å². The van der Waals surface area contributed by atoms with Crippen molar-refractivity contribution in [1.29, 1.82) is 0 Å². The Morgan fingerprint density at radius 3 is 2.90 bits per heavy atom. The standard InChI is InChI=1S/C7H12NO2/c9-6-1-2-7(10-6)3-4-8-5-7/h8-9H,1-5H2. The van der Waals surface area contributed by atoms with Crippen LogP contribution in [0.1, 0.15) is 19.3 Å². The van der Waals surface area contributed by atoms with Gasteiger partial charge >= 0.3 is 0 Å². The summed E-state index contributed by atoms with van der Waals surface area (Å²) in [7, 11) is 0. The van der Waals surface area contributed by atoms with E-state index in [2.05, 4.69) is 5.32 Å². The van der Waals surface area contributed by atoms with Gasteiger partial charge in [0.25, 0.3) is 0 Å². The van der Waals surface area contributed by atoms with Gasteiger partial charge in [-0.05, 0) is 19.4 Å². The molecule has 1 spiro atoms. The summed E-state index contributed by atoms with van der Waals surface area (Å²) >= 11 is 0. The van der Waals surface area contributed by atoms with Gasteiger partial charge in [-0.15, -0.1) is 0 Å². The number of hydrogen-bond donors (Lipinski definition) is 2. The van der Waals surface area contributed by atoms with Crippen molar-refractivity contribution in [3.05, 3.63) is 6.29 Å². The molecule has 2 N–H and O–H groups in total. The summed E-state index contributed by atoms with van der Waals surface area (Å²) in [5.74, 6) is 0. The summed E-state index contributed by atoms with van der Waals surface area (Å²) in [5.41, 5.74) is -0.0376. The molecule has 2 saturated heterocycles. The molecule has 2 fully saturated rings. The van der Waals surface area contributed by atoms with Crippen LogP contribution in [0.4, 0.5) is 0 Å². The van der Waals surface area contributed by atoms with Crippen molar-refractivity contribution in [2.45, 2.75) is 24.9 Å². The molecule has 0 aliphatic carbocycles. The van der Waals surface area contributed by atoms with Crippen LogP contribution in [0, 0.1) is 6.29 Å². The highest BCUT2D eigenvalue weighted by atomic mass is 16.6. The average Bonchev–Trinajstić information content (AvgIpc) is 2.46. The molecule has 2 heterocycles. The van der Waals surface area contributed by atoms with Crippen LogP contribution in [-0.4, -0.2) is 23.8 Å². The lowest BCUT2D eigenvalue weighted by Crippen LogP contribution is -2.30. The molecule has 0 aromatic rings. The zero-order valence-electron chi connectivity index (χ0n) is 5.89. The maximum absolute atomic E-state index is 9.02. The van der Waals surface area contributed by atoms with Crippen LogP contribution in [-0.2, 0) is 4.74 Å². The van der Waals surface area contributed by atoms with Crippen molar-refractivity contribution in [2.75, 3.05) is 13.1 Å². The summed E-state index contributed by atoms with van der Waals surface area (Å²) in [6, 6.07) is 0. The largest absolute Gasteiger partial charge is 0.361 e. The van der Waals surface area contributed by atoms with Gasteiger partial charge in [0.1, 0.15) is 0 Å². The predicted octanol–water partition coefficient (Wildman–Crippen LogP) is 0.391. The molecular formula is C7H12NO2. The Bertz CT molecular complexity index is 132. The van der Waals surface area contributed by atoms with E-state index in [4.69, 9.17) is 9.84 Å². The molecule has 0 amide bonds. The summed E-state index contributed by atoms with van der Waals surface area (Å²) in [6.45, 7) is 1.92. The Morgan fingerprint density at radius 1 is 1.50 bits per heavy atom. The second kappa shape index (κ2) is 2.19. The summed E-state index contributed by atoms with van der Waals surface area (Å²) < 4.78 is 5.32. The van der Waals surface area contributed by atoms with Crippen molar-refractivity contribution in [1.82, 2.24) is 5.32 Å². The predicted molar refractivity (Wildman–Crippen MR) is 35.7 cm³/mol. The molecule has 10 heavy (non-hydrogen) atoms. The van der Waals surface area contributed by atoms with E-state index in [0.29, 0.717) is 0 Å². The molecule has 2 aliphatic heterocycles. The second-order valence-corrected chi connectivity index (χ2v) is 3.11. The van der Waals surface area contributed by atoms with Gasteiger partial charge in [0.2, 0.25) is 6.29 Å². The molecular weight excluding hydrogens is 130 g/mol. The molecule has 1 radical (unpaired) electrons. The van der Waals surface area contributed by atoms with E-state index in [0.717, 1.165) is 32.4 Å². The minimum Gasteiger partial charge on any atom is -0.361 e. The highest BCUT2D eigenvalue weighted by Crippen LogP contribution is 2.37. The van der Waals surface area contributed by atoms with E-state index >= 15 is 0 Å². The van der Waals surface area contributed by atoms with Gasteiger partial charge in [-0.3, -0.25) is 0 Å². The van der Waals surface area contributed by atoms with Gasteiger partial charge in [-0.25, -0.2) is 0 Å². The Kier molecular flexibility index (Phi) is 1.44. The maximum atomic E-state index is 9.02. The molecule has 0 aromatic heterocycles. The van der Waals surface area contributed by atoms with Crippen LogP contribution in [0.3, 0.4) is 0 Å². The van der Waals surface area contributed by atoms with Gasteiger partial charge in [-0.2, -0.15) is 0 Å². The number of rotatable bonds is 0. The molecule has 0 bridgehead atoms. The molecule has 3 heteroatoms. The molecule has 0 aromatic carbocycles. The van der Waals surface area contributed by atoms with Crippen molar-refractivity contribution >= 4 is 0 Å². The van der Waals surface area contributed by atoms with E-state index in [1.165, 1.54) is 0 Å². The highest BCUT2D eigenvalue weighted by molar-refractivity contribution is 4.97. The van der Waals surface area contributed by atoms with Gasteiger partial charge in [-0.1, -0.05) is 0 Å². The zero-order chi connectivity index (χ0) is 7.03. The smallest absolute Gasteiger partial charge is 0.221 e. The van der Waals surface area contributed by atoms with Gasteiger partial charge < -0.3 is 15.2 Å². The molecule has 57 valence electrons. The van der Waals surface area contributed by atoms with Gasteiger partial charge in [0, 0.05) is 13.0 Å². The third-order valence-electron chi connectivity index (χ3n) is 2.33. The molecule has 1 atom stereocenters. The Balaban J connectivity index is 2.03. The van der Waals surface area contributed by atoms with Crippen LogP contribution < -0.4 is 5.32 Å². The fourth-order valence-electron chi connectivity index (χ4n) is 1.71. The Morgan fingerprint density at radius 2 is 2.40 bits per heavy atom. The van der Waals surface area contributed by atoms with Gasteiger partial charge in [0.15, 0.2) is 0 Å². The Labute approximate surface area is 60.4 Å². The van der Waals surface area contributed by atoms with E-state index in [1.54, 1.807) is 0 Å². The van der Waals surface area contributed by atoms with Crippen LogP contribution >= 0.6 is 0 Å². The second-order valence-electron chi connectivity index (χ2n) is 3.11. The highest BCUT2D eigenvalue weighted by Gasteiger charge is 2.42. The monoisotopic (exact) mass is 142 g/mol. The quantitative estimate of drug-likeness (QED) is 0.514. The Hall–Kier alpha value is -0.120. The number of nitrogens with one attached hydrogen (secondary N) is 1. The molecule has 3 nitrogen and oxygen atoms in total. The fourth-order valence-corrected chi connectivity index (χ4v) is 1.71. The lowest BCUT2D eigenvalue weighted by Gasteiger charge is -2.20. The number of aliphatic hydroxyl groups is 1. The first-order valence-electron chi connectivity index (χ1n) is 3.75. The zero-order valence-corrected chi connectivity index (χ0v) is 5.89. The number of ether oxygens (including phenoxy) is 1. The van der Waals surface area contributed by atoms with E-state index < -0.39 is 0 Å². The first-order chi connectivity index (χ1) is 4.81.